The standard InChI is InChI=1S/C23H29N3O2S/c1-3-18-7-4-5-11-26(18)12-6-10-24-22(27)21-14-17-13-16-8-9-19(28-2)15-20(16)25-23(17)29-21/h8-9,13-15,18H,3-7,10-12H2,1-2H3,(H,24,27)/t18-/m0/s1. The topological polar surface area (TPSA) is 54.5 Å². The fourth-order valence-electron chi connectivity index (χ4n) is 4.23. The number of benzene rings is 1. The van der Waals surface area contributed by atoms with Gasteiger partial charge in [-0.15, -0.1) is 11.3 Å². The molecule has 5 nitrogen and oxygen atoms in total. The fourth-order valence-corrected chi connectivity index (χ4v) is 5.17. The van der Waals surface area contributed by atoms with Gasteiger partial charge in [-0.25, -0.2) is 4.98 Å². The largest absolute Gasteiger partial charge is 0.497 e. The fraction of sp³-hybridized carbons (Fsp3) is 0.478. The molecule has 1 N–H and O–H groups in total. The highest BCUT2D eigenvalue weighted by Gasteiger charge is 2.20. The van der Waals surface area contributed by atoms with E-state index >= 15 is 0 Å². The second kappa shape index (κ2) is 9.09. The number of hydrogen-bond donors (Lipinski definition) is 1. The van der Waals surface area contributed by atoms with Gasteiger partial charge in [-0.05, 0) is 56.5 Å². The molecule has 0 saturated carbocycles. The van der Waals surface area contributed by atoms with Crippen LogP contribution in [0.25, 0.3) is 21.1 Å². The van der Waals surface area contributed by atoms with Gasteiger partial charge in [-0.2, -0.15) is 0 Å². The van der Waals surface area contributed by atoms with Crippen molar-refractivity contribution in [1.29, 1.82) is 0 Å². The Labute approximate surface area is 176 Å². The summed E-state index contributed by atoms with van der Waals surface area (Å²) in [5, 5.41) is 5.15. The second-order valence-corrected chi connectivity index (χ2v) is 8.79. The SMILES string of the molecule is CC[C@H]1CCCCN1CCCNC(=O)c1cc2cc3ccc(OC)cc3nc2s1. The number of nitrogens with one attached hydrogen (secondary N) is 1. The van der Waals surface area contributed by atoms with Gasteiger partial charge in [0, 0.05) is 36.0 Å². The maximum Gasteiger partial charge on any atom is 0.261 e. The van der Waals surface area contributed by atoms with E-state index in [9.17, 15) is 4.79 Å². The summed E-state index contributed by atoms with van der Waals surface area (Å²) in [4.78, 5) is 21.5. The molecular weight excluding hydrogens is 382 g/mol. The van der Waals surface area contributed by atoms with Crippen LogP contribution in [0, 0.1) is 0 Å². The van der Waals surface area contributed by atoms with Crippen LogP contribution in [0.4, 0.5) is 0 Å². The summed E-state index contributed by atoms with van der Waals surface area (Å²) in [5.74, 6) is 0.790. The Morgan fingerprint density at radius 2 is 2.17 bits per heavy atom. The summed E-state index contributed by atoms with van der Waals surface area (Å²) in [7, 11) is 1.65. The molecule has 2 aromatic heterocycles. The third kappa shape index (κ3) is 4.54. The number of carbonyl (C=O) groups excluding carboxylic acids is 1. The summed E-state index contributed by atoms with van der Waals surface area (Å²) in [6, 6.07) is 10.6. The lowest BCUT2D eigenvalue weighted by Gasteiger charge is -2.35. The molecule has 4 rings (SSSR count). The Morgan fingerprint density at radius 3 is 3.00 bits per heavy atom. The number of amides is 1. The van der Waals surface area contributed by atoms with Gasteiger partial charge in [-0.3, -0.25) is 4.79 Å². The predicted molar refractivity (Wildman–Crippen MR) is 120 cm³/mol. The molecule has 0 spiro atoms. The van der Waals surface area contributed by atoms with Gasteiger partial charge in [0.25, 0.3) is 5.91 Å². The number of aromatic nitrogens is 1. The third-order valence-corrected chi connectivity index (χ3v) is 6.91. The number of likely N-dealkylation sites (tertiary alicyclic amines) is 1. The molecule has 3 heterocycles. The molecule has 3 aromatic rings. The van der Waals surface area contributed by atoms with E-state index in [0.29, 0.717) is 6.54 Å². The van der Waals surface area contributed by atoms with Crippen LogP contribution in [0.1, 0.15) is 48.7 Å². The molecule has 0 bridgehead atoms. The molecule has 1 aliphatic heterocycles. The van der Waals surface area contributed by atoms with Crippen LogP contribution in [-0.4, -0.2) is 48.6 Å². The minimum absolute atomic E-state index is 0.000298. The highest BCUT2D eigenvalue weighted by Crippen LogP contribution is 2.29. The zero-order valence-electron chi connectivity index (χ0n) is 17.2. The Kier molecular flexibility index (Phi) is 6.31. The number of hydrogen-bond acceptors (Lipinski definition) is 5. The van der Waals surface area contributed by atoms with Crippen LogP contribution >= 0.6 is 11.3 Å². The zero-order chi connectivity index (χ0) is 20.2. The quantitative estimate of drug-likeness (QED) is 0.565. The zero-order valence-corrected chi connectivity index (χ0v) is 18.1. The molecule has 29 heavy (non-hydrogen) atoms. The minimum atomic E-state index is 0.000298. The number of piperidine rings is 1. The number of rotatable bonds is 7. The molecular formula is C23H29N3O2S. The van der Waals surface area contributed by atoms with Crippen LogP contribution in [0.5, 0.6) is 5.75 Å². The third-order valence-electron chi connectivity index (χ3n) is 5.86. The lowest BCUT2D eigenvalue weighted by molar-refractivity contribution is 0.0951. The van der Waals surface area contributed by atoms with E-state index in [4.69, 9.17) is 9.72 Å². The Balaban J connectivity index is 1.37. The Morgan fingerprint density at radius 1 is 1.28 bits per heavy atom. The number of methoxy groups -OCH3 is 1. The molecule has 1 aliphatic rings. The van der Waals surface area contributed by atoms with Gasteiger partial charge >= 0.3 is 0 Å². The predicted octanol–water partition coefficient (Wildman–Crippen LogP) is 4.84. The van der Waals surface area contributed by atoms with Gasteiger partial charge in [0.05, 0.1) is 17.5 Å². The van der Waals surface area contributed by atoms with Crippen molar-refractivity contribution in [2.75, 3.05) is 26.7 Å². The van der Waals surface area contributed by atoms with Crippen molar-refractivity contribution < 1.29 is 9.53 Å². The van der Waals surface area contributed by atoms with Gasteiger partial charge in [0.1, 0.15) is 10.6 Å². The van der Waals surface area contributed by atoms with Crippen molar-refractivity contribution in [2.45, 2.75) is 45.1 Å². The summed E-state index contributed by atoms with van der Waals surface area (Å²) in [6.45, 7) is 5.26. The monoisotopic (exact) mass is 411 g/mol. The number of fused-ring (bicyclic) bond motifs is 2. The number of ether oxygens (including phenoxy) is 1. The molecule has 154 valence electrons. The summed E-state index contributed by atoms with van der Waals surface area (Å²) in [6.07, 6.45) is 6.19. The smallest absolute Gasteiger partial charge is 0.261 e. The van der Waals surface area contributed by atoms with Crippen molar-refractivity contribution >= 4 is 38.4 Å². The van der Waals surface area contributed by atoms with E-state index in [0.717, 1.165) is 50.8 Å². The lowest BCUT2D eigenvalue weighted by atomic mass is 10.00. The number of pyridine rings is 1. The lowest BCUT2D eigenvalue weighted by Crippen LogP contribution is -2.40. The summed E-state index contributed by atoms with van der Waals surface area (Å²) >= 11 is 1.45. The van der Waals surface area contributed by atoms with E-state index in [2.05, 4.69) is 23.2 Å². The van der Waals surface area contributed by atoms with Crippen LogP contribution in [-0.2, 0) is 0 Å². The molecule has 0 unspecified atom stereocenters. The average Bonchev–Trinajstić information content (AvgIpc) is 3.17. The summed E-state index contributed by atoms with van der Waals surface area (Å²) < 4.78 is 5.29. The van der Waals surface area contributed by atoms with Crippen molar-refractivity contribution in [3.63, 3.8) is 0 Å². The first-order valence-corrected chi connectivity index (χ1v) is 11.4. The van der Waals surface area contributed by atoms with Gasteiger partial charge in [0.15, 0.2) is 0 Å². The second-order valence-electron chi connectivity index (χ2n) is 7.76. The molecule has 6 heteroatoms. The van der Waals surface area contributed by atoms with E-state index < -0.39 is 0 Å². The molecule has 1 fully saturated rings. The van der Waals surface area contributed by atoms with Crippen molar-refractivity contribution in [2.24, 2.45) is 0 Å². The van der Waals surface area contributed by atoms with Crippen molar-refractivity contribution in [3.8, 4) is 5.75 Å². The van der Waals surface area contributed by atoms with E-state index in [-0.39, 0.29) is 5.91 Å². The van der Waals surface area contributed by atoms with Crippen molar-refractivity contribution in [3.05, 3.63) is 35.2 Å². The average molecular weight is 412 g/mol. The van der Waals surface area contributed by atoms with Gasteiger partial charge in [-0.1, -0.05) is 13.3 Å². The maximum atomic E-state index is 12.6. The molecule has 1 aromatic carbocycles. The van der Waals surface area contributed by atoms with E-state index in [1.165, 1.54) is 43.6 Å². The van der Waals surface area contributed by atoms with Crippen LogP contribution in [0.3, 0.4) is 0 Å². The maximum absolute atomic E-state index is 12.6. The van der Waals surface area contributed by atoms with Crippen LogP contribution in [0.2, 0.25) is 0 Å². The summed E-state index contributed by atoms with van der Waals surface area (Å²) in [5.41, 5.74) is 0.887. The van der Waals surface area contributed by atoms with Gasteiger partial charge < -0.3 is 15.0 Å². The molecule has 0 radical (unpaired) electrons. The van der Waals surface area contributed by atoms with Gasteiger partial charge in [0.2, 0.25) is 0 Å². The first-order valence-electron chi connectivity index (χ1n) is 10.6. The molecule has 1 atom stereocenters. The number of thiophene rings is 1. The van der Waals surface area contributed by atoms with Crippen molar-refractivity contribution in [1.82, 2.24) is 15.2 Å². The first kappa shape index (κ1) is 20.1. The first-order chi connectivity index (χ1) is 14.2. The molecule has 0 aliphatic carbocycles. The van der Waals surface area contributed by atoms with Crippen LogP contribution in [0.15, 0.2) is 30.3 Å². The minimum Gasteiger partial charge on any atom is -0.497 e. The number of carbonyl (C=O) groups is 1. The van der Waals surface area contributed by atoms with E-state index in [1.807, 2.05) is 24.3 Å². The molecule has 1 amide bonds. The number of nitrogens with zero attached hydrogens (tertiary/aromatic N) is 2. The highest BCUT2D eigenvalue weighted by molar-refractivity contribution is 7.20. The Bertz CT molecular complexity index is 1000. The van der Waals surface area contributed by atoms with E-state index in [1.54, 1.807) is 7.11 Å². The normalized spacial score (nSPS) is 17.7. The Hall–Kier alpha value is -2.18. The molecule has 1 saturated heterocycles. The van der Waals surface area contributed by atoms with Crippen LogP contribution < -0.4 is 10.1 Å². The highest BCUT2D eigenvalue weighted by atomic mass is 32.1.